The maximum Gasteiger partial charge on any atom is 0.323 e. The summed E-state index contributed by atoms with van der Waals surface area (Å²) in [5.41, 5.74) is 1.39. The molecule has 19 heavy (non-hydrogen) atoms. The van der Waals surface area contributed by atoms with Gasteiger partial charge >= 0.3 is 5.97 Å². The Morgan fingerprint density at radius 3 is 2.47 bits per heavy atom. The first-order chi connectivity index (χ1) is 8.86. The van der Waals surface area contributed by atoms with Crippen LogP contribution in [0.3, 0.4) is 0 Å². The van der Waals surface area contributed by atoms with Gasteiger partial charge in [0.25, 0.3) is 5.91 Å². The summed E-state index contributed by atoms with van der Waals surface area (Å²) < 4.78 is 5.16. The number of carbonyl (C=O) groups excluding carboxylic acids is 1. The second-order valence-corrected chi connectivity index (χ2v) is 4.67. The van der Waals surface area contributed by atoms with E-state index in [1.807, 2.05) is 19.9 Å². The molecule has 5 heteroatoms. The summed E-state index contributed by atoms with van der Waals surface area (Å²) in [6, 6.07) is 5.39. The highest BCUT2D eigenvalue weighted by Gasteiger charge is 2.19. The van der Waals surface area contributed by atoms with Crippen molar-refractivity contribution in [1.82, 2.24) is 4.90 Å². The maximum absolute atomic E-state index is 12.2. The molecule has 0 aliphatic rings. The minimum absolute atomic E-state index is 0.280. The van der Waals surface area contributed by atoms with Gasteiger partial charge in [0, 0.05) is 7.05 Å². The first-order valence-electron chi connectivity index (χ1n) is 6.02. The summed E-state index contributed by atoms with van der Waals surface area (Å²) >= 11 is 0. The molecule has 0 heterocycles. The van der Waals surface area contributed by atoms with Crippen LogP contribution in [0.25, 0.3) is 0 Å². The van der Waals surface area contributed by atoms with Gasteiger partial charge in [0.15, 0.2) is 0 Å². The Labute approximate surface area is 112 Å². The summed E-state index contributed by atoms with van der Waals surface area (Å²) in [5, 5.41) is 8.72. The molecule has 1 N–H and O–H groups in total. The standard InChI is InChI=1S/C14H19NO4/c1-9(2)10-5-6-12(19-4)11(7-10)14(18)15(3)8-13(16)17/h5-7,9H,8H2,1-4H3,(H,16,17). The number of hydrogen-bond donors (Lipinski definition) is 1. The van der Waals surface area contributed by atoms with Crippen molar-refractivity contribution < 1.29 is 19.4 Å². The molecular formula is C14H19NO4. The van der Waals surface area contributed by atoms with Crippen LogP contribution in [0.5, 0.6) is 5.75 Å². The summed E-state index contributed by atoms with van der Waals surface area (Å²) in [4.78, 5) is 24.0. The van der Waals surface area contributed by atoms with Crippen LogP contribution in [0.1, 0.15) is 35.7 Å². The number of ether oxygens (including phenoxy) is 1. The fraction of sp³-hybridized carbons (Fsp3) is 0.429. The third-order valence-electron chi connectivity index (χ3n) is 2.84. The summed E-state index contributed by atoms with van der Waals surface area (Å²) in [5.74, 6) is -0.676. The monoisotopic (exact) mass is 265 g/mol. The number of methoxy groups -OCH3 is 1. The molecule has 1 aromatic rings. The number of carbonyl (C=O) groups is 2. The van der Waals surface area contributed by atoms with Gasteiger partial charge in [-0.3, -0.25) is 9.59 Å². The highest BCUT2D eigenvalue weighted by Crippen LogP contribution is 2.25. The molecule has 0 aromatic heterocycles. The summed E-state index contributed by atoms with van der Waals surface area (Å²) in [7, 11) is 2.94. The van der Waals surface area contributed by atoms with Crippen LogP contribution in [0.4, 0.5) is 0 Å². The molecule has 0 bridgehead atoms. The number of benzene rings is 1. The number of aliphatic carboxylic acids is 1. The number of amides is 1. The van der Waals surface area contributed by atoms with E-state index in [2.05, 4.69) is 0 Å². The van der Waals surface area contributed by atoms with E-state index >= 15 is 0 Å². The molecule has 0 saturated carbocycles. The second-order valence-electron chi connectivity index (χ2n) is 4.67. The minimum atomic E-state index is -1.05. The average molecular weight is 265 g/mol. The Balaban J connectivity index is 3.12. The Morgan fingerprint density at radius 1 is 1.37 bits per heavy atom. The van der Waals surface area contributed by atoms with Gasteiger partial charge < -0.3 is 14.7 Å². The van der Waals surface area contributed by atoms with Crippen molar-refractivity contribution >= 4 is 11.9 Å². The van der Waals surface area contributed by atoms with Gasteiger partial charge in [-0.15, -0.1) is 0 Å². The quantitative estimate of drug-likeness (QED) is 0.884. The van der Waals surface area contributed by atoms with Crippen LogP contribution < -0.4 is 4.74 Å². The van der Waals surface area contributed by atoms with Crippen LogP contribution in [-0.4, -0.2) is 42.6 Å². The highest BCUT2D eigenvalue weighted by molar-refractivity contribution is 5.98. The van der Waals surface area contributed by atoms with Crippen LogP contribution in [0, 0.1) is 0 Å². The Bertz CT molecular complexity index is 482. The van der Waals surface area contributed by atoms with E-state index in [9.17, 15) is 9.59 Å². The molecule has 0 fully saturated rings. The second kappa shape index (κ2) is 6.22. The maximum atomic E-state index is 12.2. The number of nitrogens with zero attached hydrogens (tertiary/aromatic N) is 1. The SMILES string of the molecule is COc1ccc(C(C)C)cc1C(=O)N(C)CC(=O)O. The largest absolute Gasteiger partial charge is 0.496 e. The van der Waals surface area contributed by atoms with Gasteiger partial charge in [-0.05, 0) is 23.6 Å². The zero-order chi connectivity index (χ0) is 14.6. The van der Waals surface area contributed by atoms with E-state index in [0.717, 1.165) is 10.5 Å². The first-order valence-corrected chi connectivity index (χ1v) is 6.02. The predicted molar refractivity (Wildman–Crippen MR) is 71.7 cm³/mol. The van der Waals surface area contributed by atoms with Gasteiger partial charge in [0.2, 0.25) is 0 Å². The molecule has 1 aromatic carbocycles. The fourth-order valence-electron chi connectivity index (χ4n) is 1.73. The van der Waals surface area contributed by atoms with Crippen molar-refractivity contribution in [2.45, 2.75) is 19.8 Å². The highest BCUT2D eigenvalue weighted by atomic mass is 16.5. The van der Waals surface area contributed by atoms with Gasteiger partial charge in [-0.1, -0.05) is 19.9 Å². The molecule has 0 unspecified atom stereocenters. The summed E-state index contributed by atoms with van der Waals surface area (Å²) in [6.45, 7) is 3.71. The van der Waals surface area contributed by atoms with Gasteiger partial charge in [-0.2, -0.15) is 0 Å². The van der Waals surface area contributed by atoms with Crippen molar-refractivity contribution in [1.29, 1.82) is 0 Å². The van der Waals surface area contributed by atoms with Gasteiger partial charge in [0.05, 0.1) is 12.7 Å². The van der Waals surface area contributed by atoms with E-state index in [1.165, 1.54) is 14.2 Å². The molecule has 5 nitrogen and oxygen atoms in total. The van der Waals surface area contributed by atoms with Crippen molar-refractivity contribution in [3.8, 4) is 5.75 Å². The lowest BCUT2D eigenvalue weighted by Crippen LogP contribution is -2.32. The van der Waals surface area contributed by atoms with E-state index in [0.29, 0.717) is 11.3 Å². The van der Waals surface area contributed by atoms with Crippen LogP contribution in [0.15, 0.2) is 18.2 Å². The molecule has 0 atom stereocenters. The fourth-order valence-corrected chi connectivity index (χ4v) is 1.73. The third-order valence-corrected chi connectivity index (χ3v) is 2.84. The van der Waals surface area contributed by atoms with Crippen molar-refractivity contribution in [2.75, 3.05) is 20.7 Å². The van der Waals surface area contributed by atoms with Crippen molar-refractivity contribution in [2.24, 2.45) is 0 Å². The van der Waals surface area contributed by atoms with E-state index in [-0.39, 0.29) is 18.4 Å². The zero-order valence-corrected chi connectivity index (χ0v) is 11.6. The molecular weight excluding hydrogens is 246 g/mol. The lowest BCUT2D eigenvalue weighted by atomic mass is 9.99. The number of rotatable bonds is 5. The van der Waals surface area contributed by atoms with Crippen molar-refractivity contribution in [3.05, 3.63) is 29.3 Å². The lowest BCUT2D eigenvalue weighted by molar-refractivity contribution is -0.137. The van der Waals surface area contributed by atoms with Crippen molar-refractivity contribution in [3.63, 3.8) is 0 Å². The van der Waals surface area contributed by atoms with E-state index in [4.69, 9.17) is 9.84 Å². The molecule has 0 aliphatic carbocycles. The van der Waals surface area contributed by atoms with Gasteiger partial charge in [-0.25, -0.2) is 0 Å². The zero-order valence-electron chi connectivity index (χ0n) is 11.6. The molecule has 0 radical (unpaired) electrons. The number of likely N-dealkylation sites (N-methyl/N-ethyl adjacent to an activating group) is 1. The Hall–Kier alpha value is -2.04. The minimum Gasteiger partial charge on any atom is -0.496 e. The number of carboxylic acid groups (broad SMARTS) is 1. The predicted octanol–water partition coefficient (Wildman–Crippen LogP) is 1.98. The summed E-state index contributed by atoms with van der Waals surface area (Å²) in [6.07, 6.45) is 0. The Kier molecular flexibility index (Phi) is 4.92. The smallest absolute Gasteiger partial charge is 0.323 e. The molecule has 1 rings (SSSR count). The molecule has 0 spiro atoms. The molecule has 1 amide bonds. The third kappa shape index (κ3) is 3.71. The van der Waals surface area contributed by atoms with E-state index in [1.54, 1.807) is 12.1 Å². The van der Waals surface area contributed by atoms with Gasteiger partial charge in [0.1, 0.15) is 12.3 Å². The molecule has 0 aliphatic heterocycles. The van der Waals surface area contributed by atoms with Crippen LogP contribution in [0.2, 0.25) is 0 Å². The normalized spacial score (nSPS) is 10.4. The lowest BCUT2D eigenvalue weighted by Gasteiger charge is -2.18. The Morgan fingerprint density at radius 2 is 2.00 bits per heavy atom. The van der Waals surface area contributed by atoms with E-state index < -0.39 is 5.97 Å². The van der Waals surface area contributed by atoms with Crippen LogP contribution in [-0.2, 0) is 4.79 Å². The number of hydrogen-bond acceptors (Lipinski definition) is 3. The van der Waals surface area contributed by atoms with Crippen LogP contribution >= 0.6 is 0 Å². The average Bonchev–Trinajstić information content (AvgIpc) is 2.36. The number of carboxylic acids is 1. The molecule has 0 saturated heterocycles. The topological polar surface area (TPSA) is 66.8 Å². The first kappa shape index (κ1) is 15.0. The molecule has 104 valence electrons.